The third-order valence-electron chi connectivity index (χ3n) is 4.44. The summed E-state index contributed by atoms with van der Waals surface area (Å²) >= 11 is 1.72. The van der Waals surface area contributed by atoms with Crippen molar-refractivity contribution in [2.75, 3.05) is 26.3 Å². The molecule has 2 aromatic rings. The van der Waals surface area contributed by atoms with Gasteiger partial charge in [-0.2, -0.15) is 0 Å². The van der Waals surface area contributed by atoms with Crippen LogP contribution in [0.3, 0.4) is 0 Å². The molecule has 1 aromatic carbocycles. The van der Waals surface area contributed by atoms with Crippen LogP contribution < -0.4 is 4.74 Å². The van der Waals surface area contributed by atoms with Crippen LogP contribution in [0.25, 0.3) is 0 Å². The molecule has 1 aliphatic rings. The first-order chi connectivity index (χ1) is 12.2. The van der Waals surface area contributed by atoms with Gasteiger partial charge in [-0.1, -0.05) is 29.5 Å². The minimum Gasteiger partial charge on any atom is -0.493 e. The van der Waals surface area contributed by atoms with Crippen molar-refractivity contribution >= 4 is 11.3 Å². The largest absolute Gasteiger partial charge is 0.493 e. The Hall–Kier alpha value is -1.80. The van der Waals surface area contributed by atoms with Crippen molar-refractivity contribution in [1.29, 1.82) is 0 Å². The van der Waals surface area contributed by atoms with E-state index in [1.807, 2.05) is 6.07 Å². The molecule has 0 bridgehead atoms. The molecule has 4 heteroatoms. The Balaban J connectivity index is 1.49. The summed E-state index contributed by atoms with van der Waals surface area (Å²) in [5.74, 6) is 7.25. The van der Waals surface area contributed by atoms with Gasteiger partial charge in [-0.15, -0.1) is 11.3 Å². The average molecular weight is 356 g/mol. The maximum atomic E-state index is 8.78. The molecule has 0 saturated carbocycles. The molecule has 1 saturated heterocycles. The first-order valence-corrected chi connectivity index (χ1v) is 9.65. The quantitative estimate of drug-likeness (QED) is 0.830. The van der Waals surface area contributed by atoms with Crippen LogP contribution >= 0.6 is 11.3 Å². The first kappa shape index (κ1) is 18.0. The summed E-state index contributed by atoms with van der Waals surface area (Å²) in [6.07, 6.45) is 2.46. The lowest BCUT2D eigenvalue weighted by Gasteiger charge is -2.32. The summed E-state index contributed by atoms with van der Waals surface area (Å²) in [7, 11) is 0. The smallest absolute Gasteiger partial charge is 0.119 e. The van der Waals surface area contributed by atoms with E-state index >= 15 is 0 Å². The Bertz CT molecular complexity index is 726. The molecule has 1 atom stereocenters. The van der Waals surface area contributed by atoms with Gasteiger partial charge in [-0.25, -0.2) is 0 Å². The molecule has 1 fully saturated rings. The van der Waals surface area contributed by atoms with E-state index in [-0.39, 0.29) is 6.61 Å². The van der Waals surface area contributed by atoms with Crippen LogP contribution in [0.1, 0.15) is 28.2 Å². The summed E-state index contributed by atoms with van der Waals surface area (Å²) in [5.41, 5.74) is 1.26. The van der Waals surface area contributed by atoms with Crippen molar-refractivity contribution in [2.45, 2.75) is 26.3 Å². The summed E-state index contributed by atoms with van der Waals surface area (Å²) in [5, 5.41) is 8.78. The van der Waals surface area contributed by atoms with Gasteiger partial charge < -0.3 is 9.84 Å². The Morgan fingerprint density at radius 3 is 2.88 bits per heavy atom. The Morgan fingerprint density at radius 1 is 1.24 bits per heavy atom. The highest BCUT2D eigenvalue weighted by molar-refractivity contribution is 7.12. The number of rotatable bonds is 5. The minimum absolute atomic E-state index is 0.0813. The third kappa shape index (κ3) is 5.61. The molecule has 0 radical (unpaired) electrons. The fourth-order valence-electron chi connectivity index (χ4n) is 3.16. The molecule has 0 aliphatic carbocycles. The minimum atomic E-state index is -0.0813. The van der Waals surface area contributed by atoms with Crippen molar-refractivity contribution in [3.8, 4) is 17.6 Å². The molecule has 1 unspecified atom stereocenters. The predicted octanol–water partition coefficient (Wildman–Crippen LogP) is 3.69. The summed E-state index contributed by atoms with van der Waals surface area (Å²) < 4.78 is 5.98. The van der Waals surface area contributed by atoms with Gasteiger partial charge in [0.1, 0.15) is 12.4 Å². The molecular weight excluding hydrogens is 330 g/mol. The highest BCUT2D eigenvalue weighted by Crippen LogP contribution is 2.23. The van der Waals surface area contributed by atoms with Gasteiger partial charge in [-0.05, 0) is 50.6 Å². The van der Waals surface area contributed by atoms with Crippen LogP contribution in [-0.2, 0) is 6.54 Å². The van der Waals surface area contributed by atoms with E-state index in [2.05, 4.69) is 54.0 Å². The fourth-order valence-corrected chi connectivity index (χ4v) is 4.08. The van der Waals surface area contributed by atoms with E-state index in [0.717, 1.165) is 36.9 Å². The molecule has 1 aromatic heterocycles. The Labute approximate surface area is 154 Å². The molecule has 132 valence electrons. The van der Waals surface area contributed by atoms with Gasteiger partial charge in [0.05, 0.1) is 11.5 Å². The second kappa shape index (κ2) is 9.05. The number of hydrogen-bond donors (Lipinski definition) is 1. The molecule has 1 N–H and O–H groups in total. The zero-order valence-corrected chi connectivity index (χ0v) is 15.5. The highest BCUT2D eigenvalue weighted by atomic mass is 32.1. The molecule has 0 spiro atoms. The van der Waals surface area contributed by atoms with Crippen LogP contribution in [0.15, 0.2) is 36.4 Å². The van der Waals surface area contributed by atoms with Crippen molar-refractivity contribution in [2.24, 2.45) is 5.92 Å². The van der Waals surface area contributed by atoms with Crippen molar-refractivity contribution < 1.29 is 9.84 Å². The number of likely N-dealkylation sites (tertiary alicyclic amines) is 1. The topological polar surface area (TPSA) is 32.7 Å². The first-order valence-electron chi connectivity index (χ1n) is 8.83. The van der Waals surface area contributed by atoms with Crippen molar-refractivity contribution in [3.63, 3.8) is 0 Å². The molecular formula is C21H25NO2S. The zero-order valence-electron chi connectivity index (χ0n) is 14.7. The number of aliphatic hydroxyl groups excluding tert-OH is 1. The summed E-state index contributed by atoms with van der Waals surface area (Å²) in [6.45, 7) is 6.01. The fraction of sp³-hybridized carbons (Fsp3) is 0.429. The SMILES string of the molecule is Cc1ccc(OCC2CCCN(Cc3ccc(C#CCO)s3)C2)cc1. The Morgan fingerprint density at radius 2 is 2.08 bits per heavy atom. The normalized spacial score (nSPS) is 17.8. The van der Waals surface area contributed by atoms with E-state index in [1.54, 1.807) is 11.3 Å². The number of thiophene rings is 1. The highest BCUT2D eigenvalue weighted by Gasteiger charge is 2.21. The second-order valence-corrected chi connectivity index (χ2v) is 7.76. The molecule has 1 aliphatic heterocycles. The predicted molar refractivity (Wildman–Crippen MR) is 103 cm³/mol. The lowest BCUT2D eigenvalue weighted by molar-refractivity contribution is 0.126. The van der Waals surface area contributed by atoms with Gasteiger partial charge >= 0.3 is 0 Å². The number of ether oxygens (including phenoxy) is 1. The van der Waals surface area contributed by atoms with Crippen LogP contribution in [0.5, 0.6) is 5.75 Å². The number of piperidine rings is 1. The maximum absolute atomic E-state index is 8.78. The average Bonchev–Trinajstić information content (AvgIpc) is 3.07. The van der Waals surface area contributed by atoms with Crippen LogP contribution in [0, 0.1) is 24.7 Å². The number of nitrogens with zero attached hydrogens (tertiary/aromatic N) is 1. The monoisotopic (exact) mass is 355 g/mol. The van der Waals surface area contributed by atoms with Gasteiger partial charge in [0.15, 0.2) is 0 Å². The number of hydrogen-bond acceptors (Lipinski definition) is 4. The molecule has 2 heterocycles. The second-order valence-electron chi connectivity index (χ2n) is 6.59. The van der Waals surface area contributed by atoms with Crippen LogP contribution in [0.4, 0.5) is 0 Å². The van der Waals surface area contributed by atoms with Gasteiger partial charge in [-0.3, -0.25) is 4.90 Å². The summed E-state index contributed by atoms with van der Waals surface area (Å²) in [6, 6.07) is 12.5. The molecule has 25 heavy (non-hydrogen) atoms. The number of aryl methyl sites for hydroxylation is 1. The van der Waals surface area contributed by atoms with E-state index < -0.39 is 0 Å². The van der Waals surface area contributed by atoms with E-state index in [1.165, 1.54) is 23.3 Å². The zero-order chi connectivity index (χ0) is 17.5. The molecule has 3 rings (SSSR count). The van der Waals surface area contributed by atoms with E-state index in [4.69, 9.17) is 9.84 Å². The Kier molecular flexibility index (Phi) is 6.52. The molecule has 0 amide bonds. The van der Waals surface area contributed by atoms with Crippen LogP contribution in [-0.4, -0.2) is 36.3 Å². The molecule has 3 nitrogen and oxygen atoms in total. The van der Waals surface area contributed by atoms with Crippen molar-refractivity contribution in [3.05, 3.63) is 51.7 Å². The lowest BCUT2D eigenvalue weighted by Crippen LogP contribution is -2.37. The standard InChI is InChI=1S/C21H25NO2S/c1-17-6-8-19(9-7-17)24-16-18-4-2-12-22(14-18)15-21-11-10-20(25-21)5-3-13-23/h6-11,18,23H,2,4,12-16H2,1H3. The summed E-state index contributed by atoms with van der Waals surface area (Å²) in [4.78, 5) is 4.88. The number of aliphatic hydroxyl groups is 1. The maximum Gasteiger partial charge on any atom is 0.119 e. The number of benzene rings is 1. The van der Waals surface area contributed by atoms with Gasteiger partial charge in [0.25, 0.3) is 0 Å². The van der Waals surface area contributed by atoms with E-state index in [9.17, 15) is 0 Å². The van der Waals surface area contributed by atoms with Gasteiger partial charge in [0.2, 0.25) is 0 Å². The van der Waals surface area contributed by atoms with Gasteiger partial charge in [0, 0.05) is 23.9 Å². The third-order valence-corrected chi connectivity index (χ3v) is 5.43. The lowest BCUT2D eigenvalue weighted by atomic mass is 9.99. The van der Waals surface area contributed by atoms with Crippen molar-refractivity contribution in [1.82, 2.24) is 4.90 Å². The van der Waals surface area contributed by atoms with Crippen LogP contribution in [0.2, 0.25) is 0 Å². The van der Waals surface area contributed by atoms with E-state index in [0.29, 0.717) is 5.92 Å².